The number of aromatic nitrogens is 8. The Morgan fingerprint density at radius 2 is 1.74 bits per heavy atom. The highest BCUT2D eigenvalue weighted by atomic mass is 15.5. The predicted molar refractivity (Wildman–Crippen MR) is 140 cm³/mol. The fraction of sp³-hybridized carbons (Fsp3) is 0.250. The maximum atomic E-state index is 9.72. The lowest BCUT2D eigenvalue weighted by Gasteiger charge is -2.11. The number of hydrogen-bond donors (Lipinski definition) is 1. The maximum absolute atomic E-state index is 9.72. The lowest BCUT2D eigenvalue weighted by atomic mass is 10.1. The molecule has 0 amide bonds. The van der Waals surface area contributed by atoms with Gasteiger partial charge in [0.15, 0.2) is 5.82 Å². The minimum atomic E-state index is 0.248. The molecule has 0 aliphatic carbocycles. The molecule has 0 atom stereocenters. The van der Waals surface area contributed by atoms with Gasteiger partial charge in [-0.3, -0.25) is 4.57 Å². The van der Waals surface area contributed by atoms with Crippen LogP contribution in [0.1, 0.15) is 53.8 Å². The highest BCUT2D eigenvalue weighted by Gasteiger charge is 2.21. The number of rotatable bonds is 10. The van der Waals surface area contributed by atoms with Crippen LogP contribution in [0.2, 0.25) is 0 Å². The molecule has 1 N–H and O–H groups in total. The van der Waals surface area contributed by atoms with Gasteiger partial charge in [0.05, 0.1) is 12.1 Å². The molecule has 188 valence electrons. The van der Waals surface area contributed by atoms with Crippen LogP contribution >= 0.6 is 0 Å². The van der Waals surface area contributed by atoms with E-state index in [9.17, 15) is 10.5 Å². The molecule has 10 nitrogen and oxygen atoms in total. The third kappa shape index (κ3) is 5.20. The van der Waals surface area contributed by atoms with Crippen LogP contribution in [0.25, 0.3) is 17.2 Å². The van der Waals surface area contributed by atoms with E-state index in [2.05, 4.69) is 64.0 Å². The molecule has 0 aliphatic heterocycles. The molecule has 0 spiro atoms. The van der Waals surface area contributed by atoms with E-state index < -0.39 is 0 Å². The van der Waals surface area contributed by atoms with Gasteiger partial charge in [-0.15, -0.1) is 10.2 Å². The molecule has 2 aromatic carbocycles. The monoisotopic (exact) mass is 502 g/mol. The third-order valence-corrected chi connectivity index (χ3v) is 6.35. The summed E-state index contributed by atoms with van der Waals surface area (Å²) in [6, 6.07) is 24.0. The molecule has 10 heteroatoms. The van der Waals surface area contributed by atoms with Gasteiger partial charge in [0.25, 0.3) is 0 Å². The number of aromatic amines is 1. The van der Waals surface area contributed by atoms with Crippen molar-refractivity contribution in [3.8, 4) is 29.3 Å². The van der Waals surface area contributed by atoms with Gasteiger partial charge in [0.2, 0.25) is 5.82 Å². The molecule has 5 aromatic rings. The molecule has 38 heavy (non-hydrogen) atoms. The molecule has 0 unspecified atom stereocenters. The zero-order chi connectivity index (χ0) is 26.3. The summed E-state index contributed by atoms with van der Waals surface area (Å²) in [6.07, 6.45) is 4.72. The van der Waals surface area contributed by atoms with Gasteiger partial charge >= 0.3 is 0 Å². The average molecular weight is 503 g/mol. The number of unbranched alkanes of at least 4 members (excludes halogenated alkanes) is 1. The number of aryl methyl sites for hydroxylation is 3. The van der Waals surface area contributed by atoms with Crippen LogP contribution < -0.4 is 0 Å². The Morgan fingerprint density at radius 1 is 0.921 bits per heavy atom. The van der Waals surface area contributed by atoms with Crippen molar-refractivity contribution in [1.82, 2.24) is 40.0 Å². The second kappa shape index (κ2) is 11.3. The number of nitriles is 2. The Bertz CT molecular complexity index is 1580. The average Bonchev–Trinajstić information content (AvgIpc) is 3.70. The smallest absolute Gasteiger partial charge is 0.222 e. The summed E-state index contributed by atoms with van der Waals surface area (Å²) in [5, 5.41) is 38.2. The Morgan fingerprint density at radius 3 is 2.42 bits per heavy atom. The van der Waals surface area contributed by atoms with Crippen LogP contribution in [0.3, 0.4) is 0 Å². The van der Waals surface area contributed by atoms with Crippen molar-refractivity contribution in [1.29, 1.82) is 10.5 Å². The third-order valence-electron chi connectivity index (χ3n) is 6.35. The van der Waals surface area contributed by atoms with Gasteiger partial charge in [-0.05, 0) is 47.4 Å². The molecule has 3 aromatic heterocycles. The van der Waals surface area contributed by atoms with E-state index in [1.54, 1.807) is 4.57 Å². The molecule has 0 aliphatic rings. The van der Waals surface area contributed by atoms with Crippen LogP contribution in [-0.2, 0) is 25.8 Å². The number of benzene rings is 2. The van der Waals surface area contributed by atoms with Crippen LogP contribution in [0, 0.1) is 22.7 Å². The van der Waals surface area contributed by atoms with Crippen LogP contribution in [0.4, 0.5) is 0 Å². The lowest BCUT2D eigenvalue weighted by molar-refractivity contribution is 0.613. The first-order valence-electron chi connectivity index (χ1n) is 12.6. The summed E-state index contributed by atoms with van der Waals surface area (Å²) < 4.78 is 3.68. The quantitative estimate of drug-likeness (QED) is 0.302. The molecule has 0 saturated heterocycles. The Kier molecular flexibility index (Phi) is 7.32. The molecule has 0 bridgehead atoms. The number of tetrazole rings is 1. The van der Waals surface area contributed by atoms with Crippen molar-refractivity contribution in [2.45, 2.75) is 45.6 Å². The van der Waals surface area contributed by atoms with Crippen LogP contribution in [0.5, 0.6) is 0 Å². The molecule has 0 radical (unpaired) electrons. The molecule has 0 fully saturated rings. The van der Waals surface area contributed by atoms with Crippen molar-refractivity contribution in [2.24, 2.45) is 0 Å². The van der Waals surface area contributed by atoms with Gasteiger partial charge < -0.3 is 0 Å². The Labute approximate surface area is 220 Å². The number of H-pyrrole nitrogens is 1. The minimum absolute atomic E-state index is 0.248. The summed E-state index contributed by atoms with van der Waals surface area (Å²) in [7, 11) is 0. The van der Waals surface area contributed by atoms with E-state index in [0.29, 0.717) is 23.5 Å². The zero-order valence-electron chi connectivity index (χ0n) is 21.0. The molecule has 5 rings (SSSR count). The van der Waals surface area contributed by atoms with Crippen LogP contribution in [-0.4, -0.2) is 40.0 Å². The zero-order valence-corrected chi connectivity index (χ0v) is 21.0. The van der Waals surface area contributed by atoms with Crippen molar-refractivity contribution in [2.75, 3.05) is 0 Å². The largest absolute Gasteiger partial charge is 0.297 e. The van der Waals surface area contributed by atoms with Crippen molar-refractivity contribution < 1.29 is 0 Å². The Hall–Kier alpha value is -5.09. The number of nitrogens with one attached hydrogen (secondary N) is 1. The SMILES string of the molecule is CCCCc1nc(CCc2ccccc2)nn1Cc1ccc(-n2c(C#N)cc(C#N)c2-c2nn[nH]n2)cc1. The molecule has 3 heterocycles. The number of nitrogens with zero attached hydrogens (tertiary/aromatic N) is 9. The normalized spacial score (nSPS) is 10.8. The van der Waals surface area contributed by atoms with E-state index in [-0.39, 0.29) is 5.82 Å². The topological polar surface area (TPSA) is 138 Å². The van der Waals surface area contributed by atoms with E-state index in [1.165, 1.54) is 11.6 Å². The van der Waals surface area contributed by atoms with Crippen molar-refractivity contribution in [3.63, 3.8) is 0 Å². The van der Waals surface area contributed by atoms with E-state index in [0.717, 1.165) is 55.0 Å². The summed E-state index contributed by atoms with van der Waals surface area (Å²) in [6.45, 7) is 2.77. The fourth-order valence-electron chi connectivity index (χ4n) is 4.43. The maximum Gasteiger partial charge on any atom is 0.222 e. The van der Waals surface area contributed by atoms with E-state index in [4.69, 9.17) is 10.1 Å². The van der Waals surface area contributed by atoms with Gasteiger partial charge in [0, 0.05) is 18.5 Å². The second-order valence-corrected chi connectivity index (χ2v) is 8.94. The highest BCUT2D eigenvalue weighted by molar-refractivity contribution is 5.67. The van der Waals surface area contributed by atoms with Crippen LogP contribution in [0.15, 0.2) is 60.7 Å². The first-order valence-corrected chi connectivity index (χ1v) is 12.6. The van der Waals surface area contributed by atoms with Gasteiger partial charge in [-0.25, -0.2) is 9.67 Å². The fourth-order valence-corrected chi connectivity index (χ4v) is 4.43. The van der Waals surface area contributed by atoms with Crippen molar-refractivity contribution in [3.05, 3.63) is 94.7 Å². The highest BCUT2D eigenvalue weighted by Crippen LogP contribution is 2.28. The number of hydrogen-bond acceptors (Lipinski definition) is 7. The summed E-state index contributed by atoms with van der Waals surface area (Å²) >= 11 is 0. The lowest BCUT2D eigenvalue weighted by Crippen LogP contribution is -2.08. The van der Waals surface area contributed by atoms with E-state index in [1.807, 2.05) is 35.0 Å². The van der Waals surface area contributed by atoms with E-state index >= 15 is 0 Å². The second-order valence-electron chi connectivity index (χ2n) is 8.94. The minimum Gasteiger partial charge on any atom is -0.297 e. The summed E-state index contributed by atoms with van der Waals surface area (Å²) in [5.41, 5.74) is 4.09. The predicted octanol–water partition coefficient (Wildman–Crippen LogP) is 4.17. The summed E-state index contributed by atoms with van der Waals surface area (Å²) in [4.78, 5) is 4.86. The first kappa shape index (κ1) is 24.6. The molecular weight excluding hydrogens is 476 g/mol. The van der Waals surface area contributed by atoms with Gasteiger partial charge in [-0.1, -0.05) is 55.8 Å². The standard InChI is InChI=1S/C28H26N10/c1-2-3-9-26-31-25(15-12-20-7-5-4-6-8-20)34-37(26)19-21-10-13-23(14-11-21)38-24(18-30)16-22(17-29)27(38)28-32-35-36-33-28/h4-8,10-11,13-14,16H,2-3,9,12,15,19H2,1H3,(H,32,33,35,36). The van der Waals surface area contributed by atoms with Gasteiger partial charge in [-0.2, -0.15) is 20.8 Å². The van der Waals surface area contributed by atoms with Gasteiger partial charge in [0.1, 0.15) is 29.4 Å². The first-order chi connectivity index (χ1) is 18.7. The summed E-state index contributed by atoms with van der Waals surface area (Å²) in [5.74, 6) is 2.10. The molecular formula is C28H26N10. The Balaban J connectivity index is 1.40. The molecule has 0 saturated carbocycles. The van der Waals surface area contributed by atoms with Crippen molar-refractivity contribution >= 4 is 0 Å².